The Labute approximate surface area is 165 Å². The number of nitrogens with zero attached hydrogens (tertiary/aromatic N) is 1. The van der Waals surface area contributed by atoms with Crippen molar-refractivity contribution in [2.24, 2.45) is 11.3 Å². The van der Waals surface area contributed by atoms with Gasteiger partial charge in [-0.2, -0.15) is 0 Å². The first-order chi connectivity index (χ1) is 13.1. The van der Waals surface area contributed by atoms with Crippen molar-refractivity contribution in [1.29, 1.82) is 0 Å². The Morgan fingerprint density at radius 2 is 1.71 bits per heavy atom. The smallest absolute Gasteiger partial charge is 0.335 e. The van der Waals surface area contributed by atoms with Gasteiger partial charge in [-0.1, -0.05) is 31.2 Å². The van der Waals surface area contributed by atoms with E-state index in [0.29, 0.717) is 5.69 Å². The molecule has 2 aromatic carbocycles. The predicted octanol–water partition coefficient (Wildman–Crippen LogP) is 3.84. The van der Waals surface area contributed by atoms with Gasteiger partial charge in [0.15, 0.2) is 0 Å². The Morgan fingerprint density at radius 1 is 1.11 bits per heavy atom. The van der Waals surface area contributed by atoms with E-state index < -0.39 is 17.0 Å². The Morgan fingerprint density at radius 3 is 2.32 bits per heavy atom. The number of hydrogen-bond donors (Lipinski definition) is 2. The zero-order chi connectivity index (χ0) is 20.7. The Bertz CT molecular complexity index is 903. The number of aryl methyl sites for hydroxylation is 1. The maximum absolute atomic E-state index is 13.5. The molecule has 0 aliphatic heterocycles. The highest BCUT2D eigenvalue weighted by atomic mass is 16.4. The number of aromatic carboxylic acids is 1. The van der Waals surface area contributed by atoms with Crippen LogP contribution in [0.1, 0.15) is 48.7 Å². The highest BCUT2D eigenvalue weighted by Crippen LogP contribution is 2.51. The van der Waals surface area contributed by atoms with Gasteiger partial charge in [0.25, 0.3) is 0 Å². The molecule has 0 spiro atoms. The van der Waals surface area contributed by atoms with Crippen molar-refractivity contribution in [1.82, 2.24) is 0 Å². The van der Waals surface area contributed by atoms with E-state index in [1.54, 1.807) is 33.0 Å². The highest BCUT2D eigenvalue weighted by molar-refractivity contribution is 5.98. The van der Waals surface area contributed by atoms with Gasteiger partial charge >= 0.3 is 5.97 Å². The van der Waals surface area contributed by atoms with Crippen molar-refractivity contribution in [2.75, 3.05) is 11.9 Å². The van der Waals surface area contributed by atoms with E-state index in [-0.39, 0.29) is 17.4 Å². The summed E-state index contributed by atoms with van der Waals surface area (Å²) in [5.41, 5.74) is 0.275. The van der Waals surface area contributed by atoms with Crippen LogP contribution < -0.4 is 4.90 Å². The van der Waals surface area contributed by atoms with Gasteiger partial charge in [-0.15, -0.1) is 0 Å². The molecule has 5 heteroatoms. The average molecular weight is 381 g/mol. The molecule has 1 aliphatic rings. The van der Waals surface area contributed by atoms with Crippen LogP contribution in [0.3, 0.4) is 0 Å². The van der Waals surface area contributed by atoms with Gasteiger partial charge in [0, 0.05) is 12.7 Å². The van der Waals surface area contributed by atoms with Crippen molar-refractivity contribution in [3.8, 4) is 0 Å². The molecule has 2 atom stereocenters. The molecule has 148 valence electrons. The lowest BCUT2D eigenvalue weighted by Gasteiger charge is -2.50. The van der Waals surface area contributed by atoms with Gasteiger partial charge in [0.2, 0.25) is 5.91 Å². The highest BCUT2D eigenvalue weighted by Gasteiger charge is 2.55. The molecule has 2 unspecified atom stereocenters. The summed E-state index contributed by atoms with van der Waals surface area (Å²) < 4.78 is 0. The molecule has 0 heterocycles. The van der Waals surface area contributed by atoms with E-state index in [9.17, 15) is 14.7 Å². The second-order valence-electron chi connectivity index (χ2n) is 8.20. The second-order valence-corrected chi connectivity index (χ2v) is 8.20. The summed E-state index contributed by atoms with van der Waals surface area (Å²) in [5.74, 6) is -1.31. The molecule has 0 aromatic heterocycles. The summed E-state index contributed by atoms with van der Waals surface area (Å²) in [4.78, 5) is 26.1. The van der Waals surface area contributed by atoms with Crippen molar-refractivity contribution >= 4 is 17.6 Å². The molecule has 2 aromatic rings. The molecule has 1 aliphatic carbocycles. The molecule has 0 saturated heterocycles. The van der Waals surface area contributed by atoms with E-state index >= 15 is 0 Å². The van der Waals surface area contributed by atoms with E-state index in [2.05, 4.69) is 0 Å². The molecule has 3 rings (SSSR count). The first-order valence-corrected chi connectivity index (χ1v) is 9.53. The zero-order valence-corrected chi connectivity index (χ0v) is 16.8. The standard InChI is InChI=1S/C23H27NO4/c1-15-9-10-16-7-5-6-8-19(16)23(15,28)22(2,3)21(27)24(4)18-13-11-17(12-14-18)20(25)26/h5-8,11-15,28H,9-10H2,1-4H3,(H,25,26). The van der Waals surface area contributed by atoms with E-state index in [4.69, 9.17) is 5.11 Å². The fourth-order valence-electron chi connectivity index (χ4n) is 4.44. The largest absolute Gasteiger partial charge is 0.478 e. The Hall–Kier alpha value is -2.66. The predicted molar refractivity (Wildman–Crippen MR) is 108 cm³/mol. The number of rotatable bonds is 4. The number of carboxylic acid groups (broad SMARTS) is 1. The number of amides is 1. The minimum absolute atomic E-state index is 0.0795. The number of carbonyl (C=O) groups excluding carboxylic acids is 1. The SMILES string of the molecule is CC1CCc2ccccc2C1(O)C(C)(C)C(=O)N(C)c1ccc(C(=O)O)cc1. The summed E-state index contributed by atoms with van der Waals surface area (Å²) in [6.07, 6.45) is 1.69. The number of anilines is 1. The van der Waals surface area contributed by atoms with Crippen LogP contribution in [0.15, 0.2) is 48.5 Å². The number of aliphatic hydroxyl groups is 1. The number of benzene rings is 2. The minimum atomic E-state index is -1.30. The normalized spacial score (nSPS) is 21.7. The molecular formula is C23H27NO4. The summed E-state index contributed by atoms with van der Waals surface area (Å²) in [6, 6.07) is 14.0. The van der Waals surface area contributed by atoms with E-state index in [0.717, 1.165) is 24.0 Å². The van der Waals surface area contributed by atoms with Crippen molar-refractivity contribution in [3.05, 3.63) is 65.2 Å². The maximum Gasteiger partial charge on any atom is 0.335 e. The molecular weight excluding hydrogens is 354 g/mol. The number of carboxylic acids is 1. The lowest BCUT2D eigenvalue weighted by atomic mass is 9.59. The molecule has 2 N–H and O–H groups in total. The quantitative estimate of drug-likeness (QED) is 0.843. The summed E-state index contributed by atoms with van der Waals surface area (Å²) in [7, 11) is 1.66. The lowest BCUT2D eigenvalue weighted by Crippen LogP contribution is -2.57. The van der Waals surface area contributed by atoms with Gasteiger partial charge in [0.05, 0.1) is 11.0 Å². The van der Waals surface area contributed by atoms with E-state index in [1.807, 2.05) is 31.2 Å². The molecule has 28 heavy (non-hydrogen) atoms. The molecule has 0 radical (unpaired) electrons. The number of hydrogen-bond acceptors (Lipinski definition) is 3. The Kier molecular flexibility index (Phi) is 5.06. The fraction of sp³-hybridized carbons (Fsp3) is 0.391. The van der Waals surface area contributed by atoms with Crippen LogP contribution in [0.5, 0.6) is 0 Å². The molecule has 5 nitrogen and oxygen atoms in total. The molecule has 1 amide bonds. The van der Waals surface area contributed by atoms with Crippen LogP contribution in [0, 0.1) is 11.3 Å². The van der Waals surface area contributed by atoms with Crippen LogP contribution in [-0.2, 0) is 16.8 Å². The van der Waals surface area contributed by atoms with Gasteiger partial charge in [-0.25, -0.2) is 4.79 Å². The third-order valence-electron chi connectivity index (χ3n) is 6.28. The van der Waals surface area contributed by atoms with Gasteiger partial charge in [-0.3, -0.25) is 4.79 Å². The third-order valence-corrected chi connectivity index (χ3v) is 6.28. The van der Waals surface area contributed by atoms with Crippen molar-refractivity contribution in [3.63, 3.8) is 0 Å². The van der Waals surface area contributed by atoms with Crippen LogP contribution >= 0.6 is 0 Å². The summed E-state index contributed by atoms with van der Waals surface area (Å²) in [6.45, 7) is 5.57. The maximum atomic E-state index is 13.5. The second kappa shape index (κ2) is 7.06. The molecule has 0 saturated carbocycles. The molecule has 0 fully saturated rings. The summed E-state index contributed by atoms with van der Waals surface area (Å²) >= 11 is 0. The average Bonchev–Trinajstić information content (AvgIpc) is 2.69. The lowest BCUT2D eigenvalue weighted by molar-refractivity contribution is -0.158. The van der Waals surface area contributed by atoms with Crippen LogP contribution in [0.2, 0.25) is 0 Å². The first kappa shape index (κ1) is 20.1. The van der Waals surface area contributed by atoms with Gasteiger partial charge < -0.3 is 15.1 Å². The van der Waals surface area contributed by atoms with Gasteiger partial charge in [0.1, 0.15) is 5.60 Å². The van der Waals surface area contributed by atoms with Crippen molar-refractivity contribution in [2.45, 2.75) is 39.2 Å². The number of carbonyl (C=O) groups is 2. The Balaban J connectivity index is 1.99. The molecule has 0 bridgehead atoms. The zero-order valence-electron chi connectivity index (χ0n) is 16.8. The van der Waals surface area contributed by atoms with E-state index in [1.165, 1.54) is 17.0 Å². The summed E-state index contributed by atoms with van der Waals surface area (Å²) in [5, 5.41) is 20.9. The number of fused-ring (bicyclic) bond motifs is 1. The minimum Gasteiger partial charge on any atom is -0.478 e. The van der Waals surface area contributed by atoms with Crippen LogP contribution in [-0.4, -0.2) is 29.1 Å². The first-order valence-electron chi connectivity index (χ1n) is 9.53. The van der Waals surface area contributed by atoms with Crippen molar-refractivity contribution < 1.29 is 19.8 Å². The third kappa shape index (κ3) is 3.00. The topological polar surface area (TPSA) is 77.8 Å². The monoisotopic (exact) mass is 381 g/mol. The van der Waals surface area contributed by atoms with Crippen LogP contribution in [0.4, 0.5) is 5.69 Å². The fourth-order valence-corrected chi connectivity index (χ4v) is 4.44. The van der Waals surface area contributed by atoms with Crippen LogP contribution in [0.25, 0.3) is 0 Å². The van der Waals surface area contributed by atoms with Gasteiger partial charge in [-0.05, 0) is 68.0 Å².